The van der Waals surface area contributed by atoms with E-state index >= 15 is 0 Å². The summed E-state index contributed by atoms with van der Waals surface area (Å²) in [5, 5.41) is 6.96. The summed E-state index contributed by atoms with van der Waals surface area (Å²) >= 11 is 0. The van der Waals surface area contributed by atoms with Crippen LogP contribution in [-0.4, -0.2) is 42.6 Å². The molecule has 0 spiro atoms. The maximum absolute atomic E-state index is 4.31. The minimum absolute atomic E-state index is 0.312. The van der Waals surface area contributed by atoms with Crippen LogP contribution in [0.3, 0.4) is 0 Å². The topological polar surface area (TPSA) is 40.2 Å². The van der Waals surface area contributed by atoms with E-state index in [9.17, 15) is 0 Å². The molecule has 4 heteroatoms. The maximum Gasteiger partial charge on any atom is 0.0548 e. The normalized spacial score (nSPS) is 17.4. The molecule has 0 bridgehead atoms. The molecular weight excluding hydrogens is 248 g/mol. The van der Waals surface area contributed by atoms with E-state index in [0.717, 1.165) is 30.9 Å². The molecule has 0 saturated heterocycles. The lowest BCUT2D eigenvalue weighted by molar-refractivity contribution is 0.172. The van der Waals surface area contributed by atoms with Crippen molar-refractivity contribution in [2.24, 2.45) is 0 Å². The number of anilines is 2. The van der Waals surface area contributed by atoms with Gasteiger partial charge in [-0.05, 0) is 39.4 Å². The second-order valence-corrected chi connectivity index (χ2v) is 6.07. The first kappa shape index (κ1) is 15.1. The van der Waals surface area contributed by atoms with E-state index in [1.165, 1.54) is 25.7 Å². The van der Waals surface area contributed by atoms with Crippen molar-refractivity contribution in [2.75, 3.05) is 37.8 Å². The van der Waals surface area contributed by atoms with Gasteiger partial charge in [0, 0.05) is 18.6 Å². The maximum atomic E-state index is 4.31. The first-order valence-corrected chi connectivity index (χ1v) is 7.76. The van der Waals surface area contributed by atoms with Crippen molar-refractivity contribution >= 4 is 11.4 Å². The molecule has 1 heterocycles. The van der Waals surface area contributed by atoms with Crippen LogP contribution in [0.15, 0.2) is 18.5 Å². The van der Waals surface area contributed by atoms with Crippen molar-refractivity contribution in [1.29, 1.82) is 0 Å². The fourth-order valence-corrected chi connectivity index (χ4v) is 2.98. The van der Waals surface area contributed by atoms with E-state index in [2.05, 4.69) is 47.6 Å². The van der Waals surface area contributed by atoms with Gasteiger partial charge in [0.2, 0.25) is 0 Å². The van der Waals surface area contributed by atoms with Crippen molar-refractivity contribution < 1.29 is 0 Å². The number of aromatic nitrogens is 1. The number of pyridine rings is 1. The third kappa shape index (κ3) is 3.63. The molecule has 1 fully saturated rings. The Bertz CT molecular complexity index is 411. The first-order valence-electron chi connectivity index (χ1n) is 7.76. The Morgan fingerprint density at radius 3 is 2.40 bits per heavy atom. The highest BCUT2D eigenvalue weighted by Gasteiger charge is 2.35. The quantitative estimate of drug-likeness (QED) is 0.802. The Hall–Kier alpha value is -1.29. The molecule has 1 aromatic rings. The van der Waals surface area contributed by atoms with Crippen LogP contribution in [0.25, 0.3) is 0 Å². The second-order valence-electron chi connectivity index (χ2n) is 6.07. The van der Waals surface area contributed by atoms with E-state index < -0.39 is 0 Å². The van der Waals surface area contributed by atoms with Crippen LogP contribution in [0.2, 0.25) is 0 Å². The summed E-state index contributed by atoms with van der Waals surface area (Å²) in [6.07, 6.45) is 10.2. The third-order valence-corrected chi connectivity index (χ3v) is 4.42. The summed E-state index contributed by atoms with van der Waals surface area (Å²) < 4.78 is 0. The number of likely N-dealkylation sites (N-methyl/N-ethyl adjacent to an activating group) is 1. The monoisotopic (exact) mass is 276 g/mol. The van der Waals surface area contributed by atoms with E-state index in [1.54, 1.807) is 0 Å². The second kappa shape index (κ2) is 6.93. The largest absolute Gasteiger partial charge is 0.384 e. The Morgan fingerprint density at radius 1 is 1.15 bits per heavy atom. The summed E-state index contributed by atoms with van der Waals surface area (Å²) in [7, 11) is 4.40. The van der Waals surface area contributed by atoms with Gasteiger partial charge >= 0.3 is 0 Å². The van der Waals surface area contributed by atoms with Gasteiger partial charge in [0.25, 0.3) is 0 Å². The van der Waals surface area contributed by atoms with Gasteiger partial charge in [0.15, 0.2) is 0 Å². The van der Waals surface area contributed by atoms with Crippen LogP contribution in [0.5, 0.6) is 0 Å². The van der Waals surface area contributed by atoms with Crippen molar-refractivity contribution in [1.82, 2.24) is 9.88 Å². The molecule has 0 atom stereocenters. The van der Waals surface area contributed by atoms with Gasteiger partial charge in [-0.2, -0.15) is 0 Å². The smallest absolute Gasteiger partial charge is 0.0548 e. The Kier molecular flexibility index (Phi) is 5.24. The molecule has 1 aromatic heterocycles. The van der Waals surface area contributed by atoms with Crippen LogP contribution < -0.4 is 10.6 Å². The van der Waals surface area contributed by atoms with E-state index in [4.69, 9.17) is 0 Å². The SMILES string of the molecule is CCCNc1cncc(NCC2(N(C)C)CCCC2)c1. The van der Waals surface area contributed by atoms with Gasteiger partial charge in [0.1, 0.15) is 0 Å². The minimum atomic E-state index is 0.312. The van der Waals surface area contributed by atoms with Crippen LogP contribution >= 0.6 is 0 Å². The molecule has 1 aliphatic carbocycles. The zero-order chi connectivity index (χ0) is 14.4. The molecule has 2 N–H and O–H groups in total. The lowest BCUT2D eigenvalue weighted by Crippen LogP contribution is -2.47. The average Bonchev–Trinajstić information content (AvgIpc) is 2.94. The number of rotatable bonds is 7. The molecule has 112 valence electrons. The van der Waals surface area contributed by atoms with Crippen molar-refractivity contribution in [3.8, 4) is 0 Å². The Morgan fingerprint density at radius 2 is 1.80 bits per heavy atom. The van der Waals surface area contributed by atoms with E-state index in [-0.39, 0.29) is 0 Å². The summed E-state index contributed by atoms with van der Waals surface area (Å²) in [5.74, 6) is 0. The average molecular weight is 276 g/mol. The molecule has 0 radical (unpaired) electrons. The van der Waals surface area contributed by atoms with Gasteiger partial charge in [-0.25, -0.2) is 0 Å². The summed E-state index contributed by atoms with van der Waals surface area (Å²) in [6, 6.07) is 2.15. The van der Waals surface area contributed by atoms with Crippen LogP contribution in [0.4, 0.5) is 11.4 Å². The van der Waals surface area contributed by atoms with Crippen LogP contribution in [0.1, 0.15) is 39.0 Å². The molecule has 1 saturated carbocycles. The molecule has 2 rings (SSSR count). The predicted octanol–water partition coefficient (Wildman–Crippen LogP) is 3.19. The predicted molar refractivity (Wildman–Crippen MR) is 86.4 cm³/mol. The number of hydrogen-bond acceptors (Lipinski definition) is 4. The molecule has 0 amide bonds. The highest BCUT2D eigenvalue weighted by Crippen LogP contribution is 2.34. The molecule has 1 aliphatic rings. The number of nitrogens with one attached hydrogen (secondary N) is 2. The van der Waals surface area contributed by atoms with Crippen molar-refractivity contribution in [3.05, 3.63) is 18.5 Å². The summed E-state index contributed by atoms with van der Waals surface area (Å²) in [4.78, 5) is 6.70. The molecule has 0 unspecified atom stereocenters. The fourth-order valence-electron chi connectivity index (χ4n) is 2.98. The van der Waals surface area contributed by atoms with Crippen molar-refractivity contribution in [3.63, 3.8) is 0 Å². The molecular formula is C16H28N4. The van der Waals surface area contributed by atoms with Crippen molar-refractivity contribution in [2.45, 2.75) is 44.6 Å². The third-order valence-electron chi connectivity index (χ3n) is 4.42. The molecule has 0 aliphatic heterocycles. The van der Waals surface area contributed by atoms with Crippen LogP contribution in [0, 0.1) is 0 Å². The summed E-state index contributed by atoms with van der Waals surface area (Å²) in [5.41, 5.74) is 2.52. The number of hydrogen-bond donors (Lipinski definition) is 2. The summed E-state index contributed by atoms with van der Waals surface area (Å²) in [6.45, 7) is 4.16. The molecule has 4 nitrogen and oxygen atoms in total. The van der Waals surface area contributed by atoms with E-state index in [0.29, 0.717) is 5.54 Å². The van der Waals surface area contributed by atoms with Gasteiger partial charge in [0.05, 0.1) is 23.8 Å². The highest BCUT2D eigenvalue weighted by atomic mass is 15.2. The standard InChI is InChI=1S/C16H28N4/c1-4-9-18-14-10-15(12-17-11-14)19-13-16(20(2)3)7-5-6-8-16/h10-12,18-19H,4-9,13H2,1-3H3. The zero-order valence-electron chi connectivity index (χ0n) is 13.1. The first-order chi connectivity index (χ1) is 9.66. The molecule has 20 heavy (non-hydrogen) atoms. The minimum Gasteiger partial charge on any atom is -0.384 e. The van der Waals surface area contributed by atoms with E-state index in [1.807, 2.05) is 12.4 Å². The van der Waals surface area contributed by atoms with Crippen LogP contribution in [-0.2, 0) is 0 Å². The van der Waals surface area contributed by atoms with Gasteiger partial charge in [-0.15, -0.1) is 0 Å². The van der Waals surface area contributed by atoms with Gasteiger partial charge in [-0.1, -0.05) is 19.8 Å². The number of nitrogens with zero attached hydrogens (tertiary/aromatic N) is 2. The fraction of sp³-hybridized carbons (Fsp3) is 0.688. The van der Waals surface area contributed by atoms with Gasteiger partial charge < -0.3 is 15.5 Å². The lowest BCUT2D eigenvalue weighted by atomic mass is 9.96. The Labute approximate surface area is 123 Å². The zero-order valence-corrected chi connectivity index (χ0v) is 13.1. The highest BCUT2D eigenvalue weighted by molar-refractivity contribution is 5.54. The Balaban J connectivity index is 1.95. The lowest BCUT2D eigenvalue weighted by Gasteiger charge is -2.36. The molecule has 0 aromatic carbocycles. The van der Waals surface area contributed by atoms with Gasteiger partial charge in [-0.3, -0.25) is 4.98 Å².